The van der Waals surface area contributed by atoms with Crippen molar-refractivity contribution in [3.05, 3.63) is 54.1 Å². The second-order valence-electron chi connectivity index (χ2n) is 8.78. The second-order valence-corrected chi connectivity index (χ2v) is 10.7. The summed E-state index contributed by atoms with van der Waals surface area (Å²) in [7, 11) is -1.97. The van der Waals surface area contributed by atoms with Gasteiger partial charge in [0.2, 0.25) is 15.9 Å². The maximum atomic E-state index is 12.9. The van der Waals surface area contributed by atoms with Crippen LogP contribution in [0.4, 0.5) is 5.69 Å². The van der Waals surface area contributed by atoms with Crippen LogP contribution in [0, 0.1) is 17.2 Å². The zero-order valence-electron chi connectivity index (χ0n) is 19.3. The molecular formula is C25H30N4O4S. The lowest BCUT2D eigenvalue weighted by Gasteiger charge is -2.35. The van der Waals surface area contributed by atoms with Gasteiger partial charge in [0.15, 0.2) is 0 Å². The summed E-state index contributed by atoms with van der Waals surface area (Å²) in [6, 6.07) is 16.1. The van der Waals surface area contributed by atoms with Gasteiger partial charge in [-0.1, -0.05) is 0 Å². The molecule has 0 saturated carbocycles. The van der Waals surface area contributed by atoms with E-state index >= 15 is 0 Å². The molecule has 180 valence electrons. The van der Waals surface area contributed by atoms with E-state index in [1.807, 2.05) is 18.2 Å². The van der Waals surface area contributed by atoms with Crippen molar-refractivity contribution in [2.75, 3.05) is 38.2 Å². The smallest absolute Gasteiger partial charge is 0.243 e. The zero-order valence-corrected chi connectivity index (χ0v) is 20.1. The van der Waals surface area contributed by atoms with E-state index in [2.05, 4.69) is 22.3 Å². The van der Waals surface area contributed by atoms with Gasteiger partial charge in [-0.25, -0.2) is 8.42 Å². The molecule has 9 heteroatoms. The molecule has 2 aliphatic rings. The number of sulfonamides is 1. The number of carbonyl (C=O) groups is 1. The monoisotopic (exact) mass is 482 g/mol. The summed E-state index contributed by atoms with van der Waals surface area (Å²) >= 11 is 0. The van der Waals surface area contributed by atoms with Gasteiger partial charge in [0, 0.05) is 43.8 Å². The van der Waals surface area contributed by atoms with Crippen LogP contribution in [0.5, 0.6) is 5.75 Å². The Morgan fingerprint density at radius 2 is 1.59 bits per heavy atom. The molecule has 2 aliphatic heterocycles. The quantitative estimate of drug-likeness (QED) is 0.679. The highest BCUT2D eigenvalue weighted by molar-refractivity contribution is 7.89. The van der Waals surface area contributed by atoms with Crippen LogP contribution in [0.25, 0.3) is 0 Å². The van der Waals surface area contributed by atoms with E-state index < -0.39 is 10.0 Å². The van der Waals surface area contributed by atoms with Crippen molar-refractivity contribution in [1.82, 2.24) is 9.62 Å². The number of ether oxygens (including phenoxy) is 1. The molecule has 2 saturated heterocycles. The van der Waals surface area contributed by atoms with Crippen LogP contribution in [0.15, 0.2) is 53.4 Å². The van der Waals surface area contributed by atoms with E-state index in [9.17, 15) is 13.2 Å². The van der Waals surface area contributed by atoms with Gasteiger partial charge >= 0.3 is 0 Å². The molecule has 0 atom stereocenters. The van der Waals surface area contributed by atoms with Gasteiger partial charge < -0.3 is 15.0 Å². The lowest BCUT2D eigenvalue weighted by Crippen LogP contribution is -2.48. The highest BCUT2D eigenvalue weighted by Gasteiger charge is 2.33. The molecule has 2 aromatic rings. The molecule has 8 nitrogen and oxygen atoms in total. The van der Waals surface area contributed by atoms with E-state index in [0.717, 1.165) is 37.4 Å². The number of carbonyl (C=O) groups excluding carboxylic acids is 1. The summed E-state index contributed by atoms with van der Waals surface area (Å²) < 4.78 is 32.4. The minimum Gasteiger partial charge on any atom is -0.497 e. The standard InChI is InChI=1S/C25H30N4O4S/c1-33-23-6-4-22(5-7-23)28-14-12-21(13-15-28)27-25(30)20-10-16-29(17-11-20)34(31,32)24-8-2-19(18-26)3-9-24/h2-9,20-21H,10-17H2,1H3,(H,27,30). The lowest BCUT2D eigenvalue weighted by molar-refractivity contribution is -0.127. The van der Waals surface area contributed by atoms with Gasteiger partial charge in [-0.05, 0) is 74.2 Å². The molecule has 1 amide bonds. The molecule has 0 radical (unpaired) electrons. The molecule has 0 aliphatic carbocycles. The van der Waals surface area contributed by atoms with Gasteiger partial charge in [0.1, 0.15) is 5.75 Å². The van der Waals surface area contributed by atoms with Crippen molar-refractivity contribution in [3.8, 4) is 11.8 Å². The zero-order chi connectivity index (χ0) is 24.1. The maximum Gasteiger partial charge on any atom is 0.243 e. The fourth-order valence-electron chi connectivity index (χ4n) is 4.60. The Kier molecular flexibility index (Phi) is 7.39. The van der Waals surface area contributed by atoms with Crippen molar-refractivity contribution in [1.29, 1.82) is 5.26 Å². The number of amides is 1. The summed E-state index contributed by atoms with van der Waals surface area (Å²) in [5, 5.41) is 12.1. The molecule has 0 spiro atoms. The van der Waals surface area contributed by atoms with Crippen molar-refractivity contribution in [2.45, 2.75) is 36.6 Å². The van der Waals surface area contributed by atoms with Gasteiger partial charge in [0.25, 0.3) is 0 Å². The average molecular weight is 483 g/mol. The van der Waals surface area contributed by atoms with Gasteiger partial charge in [0.05, 0.1) is 23.6 Å². The first-order valence-electron chi connectivity index (χ1n) is 11.6. The van der Waals surface area contributed by atoms with Gasteiger partial charge in [-0.2, -0.15) is 9.57 Å². The van der Waals surface area contributed by atoms with Gasteiger partial charge in [-0.3, -0.25) is 4.79 Å². The molecule has 2 aromatic carbocycles. The predicted molar refractivity (Wildman–Crippen MR) is 129 cm³/mol. The van der Waals surface area contributed by atoms with Crippen molar-refractivity contribution < 1.29 is 17.9 Å². The van der Waals surface area contributed by atoms with Crippen LogP contribution in [-0.4, -0.2) is 58.0 Å². The van der Waals surface area contributed by atoms with Crippen molar-refractivity contribution in [2.24, 2.45) is 5.92 Å². The Balaban J connectivity index is 1.25. The number of nitriles is 1. The van der Waals surface area contributed by atoms with Crippen LogP contribution in [-0.2, 0) is 14.8 Å². The van der Waals surface area contributed by atoms with E-state index in [-0.39, 0.29) is 22.8 Å². The van der Waals surface area contributed by atoms with Crippen molar-refractivity contribution >= 4 is 21.6 Å². The summed E-state index contributed by atoms with van der Waals surface area (Å²) in [6.45, 7) is 2.38. The number of piperidine rings is 2. The van der Waals surface area contributed by atoms with Crippen LogP contribution in [0.1, 0.15) is 31.2 Å². The minimum absolute atomic E-state index is 0.0262. The summed E-state index contributed by atoms with van der Waals surface area (Å²) in [5.74, 6) is 0.687. The van der Waals surface area contributed by atoms with Gasteiger partial charge in [-0.15, -0.1) is 0 Å². The number of methoxy groups -OCH3 is 1. The highest BCUT2D eigenvalue weighted by atomic mass is 32.2. The molecule has 0 aromatic heterocycles. The normalized spacial score (nSPS) is 18.3. The molecule has 2 fully saturated rings. The first kappa shape index (κ1) is 24.0. The third kappa shape index (κ3) is 5.34. The Bertz CT molecular complexity index is 1130. The Morgan fingerprint density at radius 3 is 2.15 bits per heavy atom. The number of benzene rings is 2. The molecular weight excluding hydrogens is 452 g/mol. The maximum absolute atomic E-state index is 12.9. The number of hydrogen-bond donors (Lipinski definition) is 1. The fraction of sp³-hybridized carbons (Fsp3) is 0.440. The number of rotatable bonds is 6. The average Bonchev–Trinajstić information content (AvgIpc) is 2.89. The topological polar surface area (TPSA) is 103 Å². The lowest BCUT2D eigenvalue weighted by atomic mass is 9.95. The molecule has 4 rings (SSSR count). The fourth-order valence-corrected chi connectivity index (χ4v) is 6.07. The number of anilines is 1. The van der Waals surface area contributed by atoms with E-state index in [4.69, 9.17) is 10.00 Å². The van der Waals surface area contributed by atoms with Crippen LogP contribution in [0.2, 0.25) is 0 Å². The van der Waals surface area contributed by atoms with Crippen LogP contribution < -0.4 is 15.0 Å². The second kappa shape index (κ2) is 10.5. The van der Waals surface area contributed by atoms with Crippen LogP contribution in [0.3, 0.4) is 0 Å². The van der Waals surface area contributed by atoms with Crippen molar-refractivity contribution in [3.63, 3.8) is 0 Å². The highest BCUT2D eigenvalue weighted by Crippen LogP contribution is 2.26. The third-order valence-electron chi connectivity index (χ3n) is 6.72. The summed E-state index contributed by atoms with van der Waals surface area (Å²) in [5.41, 5.74) is 1.57. The summed E-state index contributed by atoms with van der Waals surface area (Å²) in [4.78, 5) is 15.3. The molecule has 0 unspecified atom stereocenters. The molecule has 1 N–H and O–H groups in total. The number of nitrogens with zero attached hydrogens (tertiary/aromatic N) is 3. The van der Waals surface area contributed by atoms with E-state index in [1.54, 1.807) is 7.11 Å². The van der Waals surface area contributed by atoms with Crippen LogP contribution >= 0.6 is 0 Å². The third-order valence-corrected chi connectivity index (χ3v) is 8.64. The Morgan fingerprint density at radius 1 is 0.971 bits per heavy atom. The molecule has 34 heavy (non-hydrogen) atoms. The minimum atomic E-state index is -3.62. The predicted octanol–water partition coefficient (Wildman–Crippen LogP) is 2.75. The number of nitrogens with one attached hydrogen (secondary N) is 1. The first-order valence-corrected chi connectivity index (χ1v) is 13.0. The van der Waals surface area contributed by atoms with E-state index in [1.165, 1.54) is 28.6 Å². The Labute approximate surface area is 201 Å². The number of hydrogen-bond acceptors (Lipinski definition) is 6. The largest absolute Gasteiger partial charge is 0.497 e. The molecule has 0 bridgehead atoms. The molecule has 2 heterocycles. The summed E-state index contributed by atoms with van der Waals surface area (Å²) in [6.07, 6.45) is 2.77. The first-order chi connectivity index (χ1) is 16.4. The Hall–Kier alpha value is -3.09. The SMILES string of the molecule is COc1ccc(N2CCC(NC(=O)C3CCN(S(=O)(=O)c4ccc(C#N)cc4)CC3)CC2)cc1. The van der Waals surface area contributed by atoms with E-state index in [0.29, 0.717) is 31.5 Å².